The van der Waals surface area contributed by atoms with E-state index in [4.69, 9.17) is 14.6 Å². The average Bonchev–Trinajstić information content (AvgIpc) is 2.73. The number of hydrazone groups is 1. The number of carbonyl (C=O) groups is 2. The van der Waals surface area contributed by atoms with Gasteiger partial charge in [0.1, 0.15) is 18.4 Å². The zero-order valence-corrected chi connectivity index (χ0v) is 18.1. The number of hydrogen-bond donors (Lipinski definition) is 4. The smallest absolute Gasteiger partial charge is 0.300 e. The van der Waals surface area contributed by atoms with Gasteiger partial charge in [0, 0.05) is 24.4 Å². The van der Waals surface area contributed by atoms with Gasteiger partial charge in [-0.1, -0.05) is 18.2 Å². The number of nitrogens with one attached hydrogen (secondary N) is 3. The molecule has 32 heavy (non-hydrogen) atoms. The van der Waals surface area contributed by atoms with Gasteiger partial charge in [0.05, 0.1) is 5.69 Å². The number of aliphatic carboxylic acids is 1. The van der Waals surface area contributed by atoms with E-state index in [0.717, 1.165) is 55.1 Å². The Morgan fingerprint density at radius 3 is 2.66 bits per heavy atom. The number of rotatable bonds is 4. The fourth-order valence-electron chi connectivity index (χ4n) is 3.88. The highest BCUT2D eigenvalue weighted by atomic mass is 16.5. The minimum atomic E-state index is -0.833. The van der Waals surface area contributed by atoms with Crippen molar-refractivity contribution in [3.8, 4) is 5.75 Å². The summed E-state index contributed by atoms with van der Waals surface area (Å²) < 4.78 is 5.98. The number of carboxylic acids is 1. The number of anilines is 3. The van der Waals surface area contributed by atoms with Crippen molar-refractivity contribution in [1.82, 2.24) is 10.7 Å². The molecule has 9 nitrogen and oxygen atoms in total. The Bertz CT molecular complexity index is 1030. The molecule has 3 aliphatic rings. The molecule has 3 aliphatic heterocycles. The molecule has 1 fully saturated rings. The third-order valence-corrected chi connectivity index (χ3v) is 5.57. The summed E-state index contributed by atoms with van der Waals surface area (Å²) in [6.07, 6.45) is 0.969. The zero-order chi connectivity index (χ0) is 22.7. The molecule has 0 aromatic heterocycles. The van der Waals surface area contributed by atoms with Crippen molar-refractivity contribution >= 4 is 34.8 Å². The molecule has 0 aliphatic carbocycles. The third-order valence-electron chi connectivity index (χ3n) is 5.57. The molecule has 2 aromatic carbocycles. The lowest BCUT2D eigenvalue weighted by Gasteiger charge is -2.39. The van der Waals surface area contributed by atoms with Crippen LogP contribution in [0.2, 0.25) is 0 Å². The SMILES string of the molecule is CC(=O)O.CC1C(=O)NN=C2COc3cc(Nc4ccccc4)c(CC4CNC4)cc3N21. The van der Waals surface area contributed by atoms with Gasteiger partial charge in [0.2, 0.25) is 0 Å². The summed E-state index contributed by atoms with van der Waals surface area (Å²) in [6.45, 7) is 5.39. The Balaban J connectivity index is 0.000000567. The van der Waals surface area contributed by atoms with Crippen LogP contribution in [0.3, 0.4) is 0 Å². The van der Waals surface area contributed by atoms with Gasteiger partial charge < -0.3 is 25.4 Å². The van der Waals surface area contributed by atoms with Gasteiger partial charge in [-0.2, -0.15) is 5.10 Å². The van der Waals surface area contributed by atoms with E-state index in [-0.39, 0.29) is 11.9 Å². The minimum Gasteiger partial charge on any atom is -0.483 e. The molecule has 2 aromatic rings. The first-order valence-electron chi connectivity index (χ1n) is 10.6. The van der Waals surface area contributed by atoms with Crippen LogP contribution in [-0.2, 0) is 16.0 Å². The van der Waals surface area contributed by atoms with Gasteiger partial charge in [-0.15, -0.1) is 0 Å². The molecule has 1 amide bonds. The lowest BCUT2D eigenvalue weighted by Crippen LogP contribution is -2.55. The predicted molar refractivity (Wildman–Crippen MR) is 123 cm³/mol. The molecule has 1 saturated heterocycles. The van der Waals surface area contributed by atoms with E-state index in [1.165, 1.54) is 5.56 Å². The van der Waals surface area contributed by atoms with Gasteiger partial charge in [0.15, 0.2) is 5.84 Å². The minimum absolute atomic E-state index is 0.104. The second-order valence-corrected chi connectivity index (χ2v) is 8.05. The van der Waals surface area contributed by atoms with Gasteiger partial charge in [-0.3, -0.25) is 9.59 Å². The van der Waals surface area contributed by atoms with Crippen LogP contribution < -0.4 is 25.7 Å². The van der Waals surface area contributed by atoms with Gasteiger partial charge in [0.25, 0.3) is 11.9 Å². The first kappa shape index (κ1) is 21.6. The second-order valence-electron chi connectivity index (χ2n) is 8.05. The normalized spacial score (nSPS) is 19.1. The van der Waals surface area contributed by atoms with Crippen LogP contribution in [0.1, 0.15) is 19.4 Å². The fraction of sp³-hybridized carbons (Fsp3) is 0.348. The van der Waals surface area contributed by atoms with Crippen molar-refractivity contribution in [2.45, 2.75) is 26.3 Å². The molecule has 0 bridgehead atoms. The maximum atomic E-state index is 12.2. The Hall–Kier alpha value is -3.59. The van der Waals surface area contributed by atoms with E-state index < -0.39 is 5.97 Å². The van der Waals surface area contributed by atoms with E-state index in [1.807, 2.05) is 30.0 Å². The van der Waals surface area contributed by atoms with E-state index in [9.17, 15) is 4.79 Å². The number of carboxylic acid groups (broad SMARTS) is 1. The van der Waals surface area contributed by atoms with Crippen LogP contribution in [0.15, 0.2) is 47.6 Å². The number of amidine groups is 1. The number of carbonyl (C=O) groups excluding carboxylic acids is 1. The van der Waals surface area contributed by atoms with Crippen LogP contribution in [0, 0.1) is 5.92 Å². The first-order valence-corrected chi connectivity index (χ1v) is 10.6. The van der Waals surface area contributed by atoms with Gasteiger partial charge in [-0.25, -0.2) is 5.43 Å². The van der Waals surface area contributed by atoms with Crippen LogP contribution in [0.5, 0.6) is 5.75 Å². The highest BCUT2D eigenvalue weighted by Crippen LogP contribution is 2.40. The fourth-order valence-corrected chi connectivity index (χ4v) is 3.88. The molecule has 168 valence electrons. The summed E-state index contributed by atoms with van der Waals surface area (Å²) in [5.41, 5.74) is 6.80. The summed E-state index contributed by atoms with van der Waals surface area (Å²) in [5.74, 6) is 1.19. The van der Waals surface area contributed by atoms with Crippen molar-refractivity contribution in [3.63, 3.8) is 0 Å². The number of nitrogens with zero attached hydrogens (tertiary/aromatic N) is 2. The van der Waals surface area contributed by atoms with Crippen molar-refractivity contribution < 1.29 is 19.4 Å². The third kappa shape index (κ3) is 4.67. The largest absolute Gasteiger partial charge is 0.483 e. The van der Waals surface area contributed by atoms with Crippen molar-refractivity contribution in [2.75, 3.05) is 29.9 Å². The number of para-hydroxylation sites is 1. The highest BCUT2D eigenvalue weighted by molar-refractivity contribution is 6.09. The summed E-state index contributed by atoms with van der Waals surface area (Å²) in [6, 6.07) is 14.0. The Kier molecular flexibility index (Phi) is 6.27. The van der Waals surface area contributed by atoms with E-state index >= 15 is 0 Å². The number of fused-ring (bicyclic) bond motifs is 3. The molecule has 0 saturated carbocycles. The summed E-state index contributed by atoms with van der Waals surface area (Å²) in [7, 11) is 0. The number of amides is 1. The van der Waals surface area contributed by atoms with Crippen LogP contribution in [-0.4, -0.2) is 48.6 Å². The monoisotopic (exact) mass is 437 g/mol. The molecule has 9 heteroatoms. The highest BCUT2D eigenvalue weighted by Gasteiger charge is 2.36. The van der Waals surface area contributed by atoms with E-state index in [0.29, 0.717) is 12.5 Å². The lowest BCUT2D eigenvalue weighted by atomic mass is 9.92. The maximum absolute atomic E-state index is 12.2. The Morgan fingerprint density at radius 2 is 2.00 bits per heavy atom. The van der Waals surface area contributed by atoms with E-state index in [2.05, 4.69) is 45.4 Å². The molecule has 0 radical (unpaired) electrons. The molecule has 3 heterocycles. The summed E-state index contributed by atoms with van der Waals surface area (Å²) in [4.78, 5) is 23.2. The van der Waals surface area contributed by atoms with E-state index in [1.54, 1.807) is 0 Å². The lowest BCUT2D eigenvalue weighted by molar-refractivity contribution is -0.134. The molecular weight excluding hydrogens is 410 g/mol. The van der Waals surface area contributed by atoms with Crippen LogP contribution in [0.25, 0.3) is 0 Å². The molecule has 0 spiro atoms. The number of hydrogen-bond acceptors (Lipinski definition) is 7. The van der Waals surface area contributed by atoms with Crippen molar-refractivity contribution in [3.05, 3.63) is 48.0 Å². The number of benzene rings is 2. The predicted octanol–water partition coefficient (Wildman–Crippen LogP) is 2.31. The molecule has 1 unspecified atom stereocenters. The number of ether oxygens (including phenoxy) is 1. The maximum Gasteiger partial charge on any atom is 0.300 e. The second kappa shape index (κ2) is 9.27. The Morgan fingerprint density at radius 1 is 1.28 bits per heavy atom. The molecule has 4 N–H and O–H groups in total. The topological polar surface area (TPSA) is 115 Å². The zero-order valence-electron chi connectivity index (χ0n) is 18.1. The van der Waals surface area contributed by atoms with Crippen molar-refractivity contribution in [1.29, 1.82) is 0 Å². The van der Waals surface area contributed by atoms with Gasteiger partial charge in [-0.05, 0) is 56.1 Å². The summed E-state index contributed by atoms with van der Waals surface area (Å²) in [5, 5.41) is 18.5. The summed E-state index contributed by atoms with van der Waals surface area (Å²) >= 11 is 0. The van der Waals surface area contributed by atoms with Crippen molar-refractivity contribution in [2.24, 2.45) is 11.0 Å². The molecular formula is C23H27N5O4. The van der Waals surface area contributed by atoms with Crippen LogP contribution in [0.4, 0.5) is 17.1 Å². The van der Waals surface area contributed by atoms with Gasteiger partial charge >= 0.3 is 0 Å². The molecule has 5 rings (SSSR count). The molecule has 1 atom stereocenters. The quantitative estimate of drug-likeness (QED) is 0.580. The standard InChI is InChI=1S/C21H23N5O2.C2H4O2/c1-13-21(27)25-24-20-12-28-19-9-17(23-16-5-3-2-4-6-16)15(7-14-10-22-11-14)8-18(19)26(13)20;1-2(3)4/h2-6,8-9,13-14,22-23H,7,10-12H2,1H3,(H,25,27);1H3,(H,3,4). The van der Waals surface area contributed by atoms with Crippen LogP contribution >= 0.6 is 0 Å². The Labute approximate surface area is 186 Å². The first-order chi connectivity index (χ1) is 15.4. The average molecular weight is 438 g/mol.